The fraction of sp³-hybridized carbons (Fsp3) is 0.985. The average molecular weight is 1140 g/mol. The van der Waals surface area contributed by atoms with Gasteiger partial charge >= 0.3 is 0 Å². The predicted molar refractivity (Wildman–Crippen MR) is 323 cm³/mol. The Bertz CT molecular complexity index is 1350. The molecule has 14 heteroatoms. The van der Waals surface area contributed by atoms with Gasteiger partial charge in [0.05, 0.1) is 32.0 Å². The van der Waals surface area contributed by atoms with Crippen LogP contribution in [0.1, 0.15) is 322 Å². The molecular weight excluding hydrogens is 1010 g/mol. The summed E-state index contributed by atoms with van der Waals surface area (Å²) in [4.78, 5) is 13.2. The van der Waals surface area contributed by atoms with E-state index in [2.05, 4.69) is 19.2 Å². The molecule has 2 aliphatic rings. The molecule has 2 fully saturated rings. The van der Waals surface area contributed by atoms with E-state index >= 15 is 0 Å². The molecule has 0 bridgehead atoms. The van der Waals surface area contributed by atoms with Crippen molar-refractivity contribution in [1.29, 1.82) is 0 Å². The molecule has 0 saturated carbocycles. The monoisotopic (exact) mass is 1140 g/mol. The number of amides is 1. The van der Waals surface area contributed by atoms with Crippen molar-refractivity contribution in [2.75, 3.05) is 19.8 Å². The van der Waals surface area contributed by atoms with Gasteiger partial charge in [-0.1, -0.05) is 303 Å². The Morgan fingerprint density at radius 2 is 0.713 bits per heavy atom. The van der Waals surface area contributed by atoms with Gasteiger partial charge in [-0.25, -0.2) is 0 Å². The van der Waals surface area contributed by atoms with Crippen LogP contribution in [0.3, 0.4) is 0 Å². The van der Waals surface area contributed by atoms with E-state index in [1.165, 1.54) is 244 Å². The van der Waals surface area contributed by atoms with Gasteiger partial charge < -0.3 is 65.1 Å². The first-order valence-electron chi connectivity index (χ1n) is 34.3. The maximum absolute atomic E-state index is 13.2. The van der Waals surface area contributed by atoms with Gasteiger partial charge in [0.1, 0.15) is 48.8 Å². The van der Waals surface area contributed by atoms with Crippen LogP contribution in [0.25, 0.3) is 0 Å². The number of rotatable bonds is 57. The first-order chi connectivity index (χ1) is 39.1. The Balaban J connectivity index is 1.49. The summed E-state index contributed by atoms with van der Waals surface area (Å²) in [7, 11) is 0. The third-order valence-corrected chi connectivity index (χ3v) is 17.3. The van der Waals surface area contributed by atoms with Crippen LogP contribution in [0.4, 0.5) is 0 Å². The van der Waals surface area contributed by atoms with Gasteiger partial charge in [-0.15, -0.1) is 0 Å². The molecule has 12 atom stereocenters. The molecule has 476 valence electrons. The first-order valence-corrected chi connectivity index (χ1v) is 34.3. The van der Waals surface area contributed by atoms with Gasteiger partial charge in [0.15, 0.2) is 12.6 Å². The van der Waals surface area contributed by atoms with Crippen molar-refractivity contribution in [1.82, 2.24) is 5.32 Å². The third kappa shape index (κ3) is 36.7. The highest BCUT2D eigenvalue weighted by Gasteiger charge is 2.51. The molecule has 0 aromatic rings. The number of hydrogen-bond donors (Lipinski definition) is 9. The zero-order valence-electron chi connectivity index (χ0n) is 51.6. The lowest BCUT2D eigenvalue weighted by atomic mass is 9.97. The Kier molecular flexibility index (Phi) is 49.1. The van der Waals surface area contributed by atoms with Crippen molar-refractivity contribution in [2.45, 2.75) is 396 Å². The van der Waals surface area contributed by atoms with Crippen LogP contribution in [0.5, 0.6) is 0 Å². The van der Waals surface area contributed by atoms with E-state index in [-0.39, 0.29) is 12.5 Å². The van der Waals surface area contributed by atoms with Crippen molar-refractivity contribution >= 4 is 5.91 Å². The Hall–Kier alpha value is -1.01. The van der Waals surface area contributed by atoms with Gasteiger partial charge in [-0.3, -0.25) is 4.79 Å². The molecular formula is C66H129NO13. The molecule has 9 N–H and O–H groups in total. The Morgan fingerprint density at radius 1 is 0.400 bits per heavy atom. The molecule has 1 amide bonds. The number of aliphatic hydroxyl groups is 8. The molecule has 80 heavy (non-hydrogen) atoms. The molecule has 0 radical (unpaired) electrons. The quantitative estimate of drug-likeness (QED) is 0.0259. The maximum atomic E-state index is 13.2. The molecule has 0 aliphatic carbocycles. The van der Waals surface area contributed by atoms with Crippen LogP contribution in [0.2, 0.25) is 0 Å². The number of nitrogens with one attached hydrogen (secondary N) is 1. The smallest absolute Gasteiger partial charge is 0.220 e. The third-order valence-electron chi connectivity index (χ3n) is 17.3. The minimum absolute atomic E-state index is 0.202. The zero-order chi connectivity index (χ0) is 58.1. The van der Waals surface area contributed by atoms with Gasteiger partial charge in [0.25, 0.3) is 0 Å². The number of hydrogen-bond acceptors (Lipinski definition) is 13. The van der Waals surface area contributed by atoms with Crippen molar-refractivity contribution in [3.8, 4) is 0 Å². The lowest BCUT2D eigenvalue weighted by Gasteiger charge is -2.46. The fourth-order valence-electron chi connectivity index (χ4n) is 11.8. The van der Waals surface area contributed by atoms with Crippen molar-refractivity contribution in [3.63, 3.8) is 0 Å². The summed E-state index contributed by atoms with van der Waals surface area (Å²) in [6.45, 7) is 2.86. The molecule has 0 spiro atoms. The number of carbonyl (C=O) groups is 1. The van der Waals surface area contributed by atoms with Crippen molar-refractivity contribution in [2.24, 2.45) is 0 Å². The lowest BCUT2D eigenvalue weighted by molar-refractivity contribution is -0.359. The highest BCUT2D eigenvalue weighted by atomic mass is 16.7. The molecule has 0 aromatic carbocycles. The zero-order valence-corrected chi connectivity index (χ0v) is 51.6. The van der Waals surface area contributed by atoms with Crippen LogP contribution >= 0.6 is 0 Å². The van der Waals surface area contributed by atoms with Crippen LogP contribution < -0.4 is 5.32 Å². The number of carbonyl (C=O) groups excluding carboxylic acids is 1. The predicted octanol–water partition coefficient (Wildman–Crippen LogP) is 13.2. The van der Waals surface area contributed by atoms with Gasteiger partial charge in [-0.05, 0) is 12.8 Å². The van der Waals surface area contributed by atoms with E-state index in [0.717, 1.165) is 51.4 Å². The summed E-state index contributed by atoms with van der Waals surface area (Å²) in [5.41, 5.74) is 0. The highest BCUT2D eigenvalue weighted by molar-refractivity contribution is 5.76. The van der Waals surface area contributed by atoms with Crippen LogP contribution in [-0.2, 0) is 23.7 Å². The van der Waals surface area contributed by atoms with Crippen LogP contribution in [-0.4, -0.2) is 140 Å². The van der Waals surface area contributed by atoms with Gasteiger partial charge in [-0.2, -0.15) is 0 Å². The topological polar surface area (TPSA) is 228 Å². The summed E-state index contributed by atoms with van der Waals surface area (Å²) >= 11 is 0. The summed E-state index contributed by atoms with van der Waals surface area (Å²) < 4.78 is 22.8. The van der Waals surface area contributed by atoms with Gasteiger partial charge in [0.2, 0.25) is 5.91 Å². The molecule has 2 saturated heterocycles. The molecule has 2 aliphatic heterocycles. The molecule has 2 rings (SSSR count). The number of aliphatic hydroxyl groups excluding tert-OH is 8. The normalized spacial score (nSPS) is 24.1. The minimum atomic E-state index is -1.78. The summed E-state index contributed by atoms with van der Waals surface area (Å²) in [5.74, 6) is -0.202. The maximum Gasteiger partial charge on any atom is 0.220 e. The molecule has 14 nitrogen and oxygen atoms in total. The second kappa shape index (κ2) is 52.3. The van der Waals surface area contributed by atoms with E-state index < -0.39 is 86.8 Å². The average Bonchev–Trinajstić information content (AvgIpc) is 3.46. The van der Waals surface area contributed by atoms with E-state index in [1.54, 1.807) is 0 Å². The van der Waals surface area contributed by atoms with E-state index in [0.29, 0.717) is 12.8 Å². The molecule has 2 heterocycles. The minimum Gasteiger partial charge on any atom is -0.394 e. The van der Waals surface area contributed by atoms with E-state index in [1.807, 2.05) is 0 Å². The van der Waals surface area contributed by atoms with E-state index in [4.69, 9.17) is 18.9 Å². The Labute approximate surface area is 489 Å². The fourth-order valence-corrected chi connectivity index (χ4v) is 11.8. The van der Waals surface area contributed by atoms with Crippen LogP contribution in [0.15, 0.2) is 0 Å². The van der Waals surface area contributed by atoms with Crippen molar-refractivity contribution in [3.05, 3.63) is 0 Å². The standard InChI is InChI=1S/C66H129NO13/c1-3-5-7-9-11-13-14-15-16-17-18-19-20-21-22-23-24-25-26-27-28-29-30-31-32-33-34-35-36-37-38-39-40-41-42-44-46-48-50-58(71)67-54(55(70)49-47-45-43-12-10-8-6-4-2)53-77-65-63(76)61(74)64(57(52-69)79-65)80-66-62(75)60(73)59(72)56(51-68)78-66/h54-57,59-66,68-70,72-76H,3-53H2,1-2H3,(H,67,71). The van der Waals surface area contributed by atoms with E-state index in [9.17, 15) is 45.6 Å². The van der Waals surface area contributed by atoms with Gasteiger partial charge in [0, 0.05) is 6.42 Å². The number of ether oxygens (including phenoxy) is 4. The second-order valence-corrected chi connectivity index (χ2v) is 24.7. The van der Waals surface area contributed by atoms with Crippen LogP contribution in [0, 0.1) is 0 Å². The summed E-state index contributed by atoms with van der Waals surface area (Å²) in [5, 5.41) is 87.0. The largest absolute Gasteiger partial charge is 0.394 e. The van der Waals surface area contributed by atoms with Crippen molar-refractivity contribution < 1.29 is 64.6 Å². The number of unbranched alkanes of at least 4 members (excludes halogenated alkanes) is 44. The summed E-state index contributed by atoms with van der Waals surface area (Å²) in [6.07, 6.45) is 44.8. The first kappa shape index (κ1) is 75.1. The summed E-state index contributed by atoms with van der Waals surface area (Å²) in [6, 6.07) is -0.821. The molecule has 0 aromatic heterocycles. The molecule has 12 unspecified atom stereocenters. The highest BCUT2D eigenvalue weighted by Crippen LogP contribution is 2.30. The Morgan fingerprint density at radius 3 is 1.06 bits per heavy atom. The SMILES string of the molecule is CCCCCCCCCCCCCCCCCCCCCCCCCCCCCCCCCCCCCCCCC(=O)NC(COC1OC(CO)C(OC2OC(CO)C(O)C(O)C2O)C(O)C1O)C(O)CCCCCCCCCC. The lowest BCUT2D eigenvalue weighted by Crippen LogP contribution is -2.65. The second-order valence-electron chi connectivity index (χ2n) is 24.7.